The lowest BCUT2D eigenvalue weighted by Crippen LogP contribution is -2.22. The zero-order chi connectivity index (χ0) is 12.8. The van der Waals surface area contributed by atoms with E-state index in [9.17, 15) is 0 Å². The van der Waals surface area contributed by atoms with Crippen molar-refractivity contribution in [3.63, 3.8) is 0 Å². The molecular weight excluding hydrogens is 220 g/mol. The first-order valence-corrected chi connectivity index (χ1v) is 6.38. The van der Waals surface area contributed by atoms with Gasteiger partial charge in [0.25, 0.3) is 0 Å². The highest BCUT2D eigenvalue weighted by Gasteiger charge is 2.12. The van der Waals surface area contributed by atoms with Gasteiger partial charge in [0.1, 0.15) is 0 Å². The molecule has 2 aromatic carbocycles. The second kappa shape index (κ2) is 6.22. The highest BCUT2D eigenvalue weighted by Crippen LogP contribution is 2.23. The van der Waals surface area contributed by atoms with Crippen LogP contribution in [0.1, 0.15) is 24.9 Å². The molecule has 0 aliphatic carbocycles. The van der Waals surface area contributed by atoms with E-state index in [-0.39, 0.29) is 12.1 Å². The van der Waals surface area contributed by atoms with Gasteiger partial charge in [0.2, 0.25) is 0 Å². The second-order valence-corrected chi connectivity index (χ2v) is 4.69. The Morgan fingerprint density at radius 3 is 2.06 bits per heavy atom. The third-order valence-electron chi connectivity index (χ3n) is 2.92. The van der Waals surface area contributed by atoms with Crippen LogP contribution < -0.4 is 11.1 Å². The minimum absolute atomic E-state index is 0.173. The lowest BCUT2D eigenvalue weighted by molar-refractivity contribution is 0.595. The number of nitrogens with two attached hydrogens (primary N) is 1. The van der Waals surface area contributed by atoms with Gasteiger partial charge in [-0.05, 0) is 31.0 Å². The summed E-state index contributed by atoms with van der Waals surface area (Å²) in [4.78, 5) is 0. The summed E-state index contributed by atoms with van der Waals surface area (Å²) in [6.45, 7) is 2.04. The van der Waals surface area contributed by atoms with Crippen LogP contribution in [0.3, 0.4) is 0 Å². The highest BCUT2D eigenvalue weighted by atomic mass is 14.9. The molecule has 0 heterocycles. The van der Waals surface area contributed by atoms with Gasteiger partial charge >= 0.3 is 0 Å². The summed E-state index contributed by atoms with van der Waals surface area (Å²) in [6.07, 6.45) is 0.916. The Bertz CT molecular complexity index is 451. The lowest BCUT2D eigenvalue weighted by Gasteiger charge is -2.22. The van der Waals surface area contributed by atoms with E-state index in [2.05, 4.69) is 41.7 Å². The molecule has 18 heavy (non-hydrogen) atoms. The highest BCUT2D eigenvalue weighted by molar-refractivity contribution is 5.45. The predicted octanol–water partition coefficient (Wildman–Crippen LogP) is 3.58. The molecule has 0 spiro atoms. The van der Waals surface area contributed by atoms with Crippen molar-refractivity contribution in [2.24, 2.45) is 5.73 Å². The maximum absolute atomic E-state index is 5.94. The maximum Gasteiger partial charge on any atom is 0.0528 e. The minimum Gasteiger partial charge on any atom is -0.378 e. The van der Waals surface area contributed by atoms with Crippen molar-refractivity contribution < 1.29 is 0 Å². The quantitative estimate of drug-likeness (QED) is 0.838. The molecule has 2 aromatic rings. The van der Waals surface area contributed by atoms with Crippen LogP contribution in [0.25, 0.3) is 0 Å². The second-order valence-electron chi connectivity index (χ2n) is 4.69. The summed E-state index contributed by atoms with van der Waals surface area (Å²) in [6, 6.07) is 21.1. The molecule has 0 bridgehead atoms. The van der Waals surface area contributed by atoms with Crippen molar-refractivity contribution in [1.82, 2.24) is 0 Å². The van der Waals surface area contributed by atoms with E-state index in [1.807, 2.05) is 31.2 Å². The third-order valence-corrected chi connectivity index (χ3v) is 2.92. The molecule has 2 rings (SSSR count). The fourth-order valence-electron chi connectivity index (χ4n) is 2.07. The largest absolute Gasteiger partial charge is 0.378 e. The molecular formula is C16H20N2. The van der Waals surface area contributed by atoms with Gasteiger partial charge in [-0.3, -0.25) is 0 Å². The van der Waals surface area contributed by atoms with Crippen LogP contribution in [-0.4, -0.2) is 6.04 Å². The monoisotopic (exact) mass is 240 g/mol. The summed E-state index contributed by atoms with van der Waals surface area (Å²) in [7, 11) is 0. The Morgan fingerprint density at radius 1 is 0.944 bits per heavy atom. The van der Waals surface area contributed by atoms with Crippen molar-refractivity contribution in [2.45, 2.75) is 25.4 Å². The van der Waals surface area contributed by atoms with Crippen molar-refractivity contribution >= 4 is 5.69 Å². The van der Waals surface area contributed by atoms with Crippen molar-refractivity contribution in [3.05, 3.63) is 66.2 Å². The fourth-order valence-corrected chi connectivity index (χ4v) is 2.07. The summed E-state index contributed by atoms with van der Waals surface area (Å²) in [5.41, 5.74) is 8.35. The molecule has 0 saturated carbocycles. The third kappa shape index (κ3) is 3.60. The van der Waals surface area contributed by atoms with Crippen LogP contribution in [-0.2, 0) is 0 Å². The molecule has 3 N–H and O–H groups in total. The Labute approximate surface area is 109 Å². The zero-order valence-corrected chi connectivity index (χ0v) is 10.7. The molecule has 0 saturated heterocycles. The van der Waals surface area contributed by atoms with Gasteiger partial charge in [-0.25, -0.2) is 0 Å². The van der Waals surface area contributed by atoms with E-state index in [1.165, 1.54) is 5.56 Å². The number of rotatable bonds is 5. The van der Waals surface area contributed by atoms with Crippen LogP contribution >= 0.6 is 0 Å². The van der Waals surface area contributed by atoms with Crippen LogP contribution in [0.15, 0.2) is 60.7 Å². The normalized spacial score (nSPS) is 13.9. The molecule has 2 unspecified atom stereocenters. The number of hydrogen-bond donors (Lipinski definition) is 2. The standard InChI is InChI=1S/C16H20N2/c1-13(17)12-16(14-8-4-2-5-9-14)18-15-10-6-3-7-11-15/h2-11,13,16,18H,12,17H2,1H3. The number of benzene rings is 2. The molecule has 0 aliphatic rings. The van der Waals surface area contributed by atoms with Crippen molar-refractivity contribution in [1.29, 1.82) is 0 Å². The summed E-state index contributed by atoms with van der Waals surface area (Å²) >= 11 is 0. The molecule has 0 aromatic heterocycles. The topological polar surface area (TPSA) is 38.0 Å². The molecule has 94 valence electrons. The molecule has 2 nitrogen and oxygen atoms in total. The molecule has 0 amide bonds. The van der Waals surface area contributed by atoms with E-state index in [0.717, 1.165) is 12.1 Å². The van der Waals surface area contributed by atoms with E-state index in [4.69, 9.17) is 5.73 Å². The van der Waals surface area contributed by atoms with Gasteiger partial charge in [-0.1, -0.05) is 48.5 Å². The Morgan fingerprint density at radius 2 is 1.50 bits per heavy atom. The van der Waals surface area contributed by atoms with Crippen LogP contribution in [0.2, 0.25) is 0 Å². The Kier molecular flexibility index (Phi) is 4.37. The summed E-state index contributed by atoms with van der Waals surface area (Å²) < 4.78 is 0. The first kappa shape index (κ1) is 12.7. The van der Waals surface area contributed by atoms with Gasteiger partial charge < -0.3 is 11.1 Å². The number of nitrogens with one attached hydrogen (secondary N) is 1. The van der Waals surface area contributed by atoms with Crippen LogP contribution in [0.4, 0.5) is 5.69 Å². The molecule has 2 heteroatoms. The van der Waals surface area contributed by atoms with Gasteiger partial charge in [0, 0.05) is 11.7 Å². The van der Waals surface area contributed by atoms with Crippen molar-refractivity contribution in [3.8, 4) is 0 Å². The van der Waals surface area contributed by atoms with Gasteiger partial charge in [0.15, 0.2) is 0 Å². The van der Waals surface area contributed by atoms with Crippen molar-refractivity contribution in [2.75, 3.05) is 5.32 Å². The zero-order valence-electron chi connectivity index (χ0n) is 10.7. The van der Waals surface area contributed by atoms with Gasteiger partial charge in [0.05, 0.1) is 6.04 Å². The molecule has 0 radical (unpaired) electrons. The smallest absolute Gasteiger partial charge is 0.0528 e. The maximum atomic E-state index is 5.94. The molecule has 0 aliphatic heterocycles. The number of hydrogen-bond acceptors (Lipinski definition) is 2. The van der Waals surface area contributed by atoms with Crippen LogP contribution in [0.5, 0.6) is 0 Å². The average molecular weight is 240 g/mol. The number of anilines is 1. The van der Waals surface area contributed by atoms with E-state index >= 15 is 0 Å². The Balaban J connectivity index is 2.16. The molecule has 2 atom stereocenters. The molecule has 0 fully saturated rings. The Hall–Kier alpha value is -1.80. The first-order valence-electron chi connectivity index (χ1n) is 6.38. The van der Waals surface area contributed by atoms with Gasteiger partial charge in [-0.2, -0.15) is 0 Å². The van der Waals surface area contributed by atoms with E-state index in [1.54, 1.807) is 0 Å². The van der Waals surface area contributed by atoms with Gasteiger partial charge in [-0.15, -0.1) is 0 Å². The predicted molar refractivity (Wildman–Crippen MR) is 77.5 cm³/mol. The summed E-state index contributed by atoms with van der Waals surface area (Å²) in [5.74, 6) is 0. The number of para-hydroxylation sites is 1. The fraction of sp³-hybridized carbons (Fsp3) is 0.250. The van der Waals surface area contributed by atoms with E-state index in [0.29, 0.717) is 0 Å². The van der Waals surface area contributed by atoms with E-state index < -0.39 is 0 Å². The summed E-state index contributed by atoms with van der Waals surface area (Å²) in [5, 5.41) is 3.55. The minimum atomic E-state index is 0.173. The SMILES string of the molecule is CC(N)CC(Nc1ccccc1)c1ccccc1. The van der Waals surface area contributed by atoms with Crippen LogP contribution in [0, 0.1) is 0 Å². The average Bonchev–Trinajstić information content (AvgIpc) is 2.40. The first-order chi connectivity index (χ1) is 8.75. The lowest BCUT2D eigenvalue weighted by atomic mass is 10.00.